The Morgan fingerprint density at radius 1 is 1.67 bits per heavy atom. The highest BCUT2D eigenvalue weighted by Gasteiger charge is 2.38. The van der Waals surface area contributed by atoms with Crippen LogP contribution in [0.2, 0.25) is 0 Å². The van der Waals surface area contributed by atoms with E-state index < -0.39 is 0 Å². The van der Waals surface area contributed by atoms with E-state index in [9.17, 15) is 9.90 Å². The maximum atomic E-state index is 11.7. The topological polar surface area (TPSA) is 61.4 Å². The molecule has 0 aliphatic heterocycles. The van der Waals surface area contributed by atoms with Crippen molar-refractivity contribution in [1.82, 2.24) is 10.6 Å². The Labute approximate surface area is 114 Å². The Hall–Kier alpha value is -0.680. The number of rotatable bonds is 7. The average molecular weight is 272 g/mol. The number of nitrogens with one attached hydrogen (secondary N) is 2. The Bertz CT molecular complexity index is 286. The Kier molecular flexibility index (Phi) is 6.57. The summed E-state index contributed by atoms with van der Waals surface area (Å²) in [5.41, 5.74) is -0.158. The van der Waals surface area contributed by atoms with Crippen LogP contribution in [0.4, 0.5) is 4.79 Å². The molecule has 1 rings (SSSR count). The van der Waals surface area contributed by atoms with Crippen molar-refractivity contribution in [3.05, 3.63) is 12.7 Å². The smallest absolute Gasteiger partial charge is 0.315 e. The van der Waals surface area contributed by atoms with E-state index in [1.165, 1.54) is 0 Å². The van der Waals surface area contributed by atoms with E-state index in [0.29, 0.717) is 6.54 Å². The van der Waals surface area contributed by atoms with Crippen molar-refractivity contribution >= 4 is 17.8 Å². The molecule has 0 radical (unpaired) electrons. The number of thioether (sulfide) groups is 1. The zero-order chi connectivity index (χ0) is 13.4. The number of carbonyl (C=O) groups excluding carboxylic acids is 1. The van der Waals surface area contributed by atoms with Crippen LogP contribution >= 0.6 is 11.8 Å². The summed E-state index contributed by atoms with van der Waals surface area (Å²) < 4.78 is 0. The quantitative estimate of drug-likeness (QED) is 0.489. The maximum Gasteiger partial charge on any atom is 0.315 e. The van der Waals surface area contributed by atoms with Crippen LogP contribution in [0.1, 0.15) is 26.2 Å². The van der Waals surface area contributed by atoms with Gasteiger partial charge in [0.1, 0.15) is 0 Å². The van der Waals surface area contributed by atoms with Crippen LogP contribution in [-0.4, -0.2) is 41.8 Å². The predicted molar refractivity (Wildman–Crippen MR) is 76.9 cm³/mol. The second kappa shape index (κ2) is 7.69. The lowest BCUT2D eigenvalue weighted by atomic mass is 9.86. The lowest BCUT2D eigenvalue weighted by molar-refractivity contribution is 0.121. The Morgan fingerprint density at radius 3 is 3.11 bits per heavy atom. The van der Waals surface area contributed by atoms with Gasteiger partial charge in [-0.3, -0.25) is 0 Å². The molecule has 0 aromatic rings. The molecule has 2 unspecified atom stereocenters. The second-order valence-corrected chi connectivity index (χ2v) is 6.17. The van der Waals surface area contributed by atoms with Gasteiger partial charge in [-0.2, -0.15) is 11.8 Å². The first-order valence-electron chi connectivity index (χ1n) is 6.46. The van der Waals surface area contributed by atoms with Crippen molar-refractivity contribution < 1.29 is 9.90 Å². The number of carbonyl (C=O) groups is 1. The van der Waals surface area contributed by atoms with Crippen LogP contribution in [-0.2, 0) is 0 Å². The normalized spacial score (nSPS) is 26.9. The van der Waals surface area contributed by atoms with Gasteiger partial charge in [0.2, 0.25) is 0 Å². The summed E-state index contributed by atoms with van der Waals surface area (Å²) >= 11 is 1.74. The first-order chi connectivity index (χ1) is 8.62. The fourth-order valence-corrected chi connectivity index (χ4v) is 2.86. The molecule has 3 N–H and O–H groups in total. The van der Waals surface area contributed by atoms with Crippen molar-refractivity contribution in [1.29, 1.82) is 0 Å². The molecule has 0 bridgehead atoms. The van der Waals surface area contributed by atoms with Gasteiger partial charge in [-0.15, -0.1) is 6.58 Å². The van der Waals surface area contributed by atoms with Gasteiger partial charge < -0.3 is 15.7 Å². The Balaban J connectivity index is 2.21. The summed E-state index contributed by atoms with van der Waals surface area (Å²) in [6.07, 6.45) is 4.85. The van der Waals surface area contributed by atoms with Crippen LogP contribution < -0.4 is 10.6 Å². The van der Waals surface area contributed by atoms with Gasteiger partial charge in [-0.05, 0) is 12.8 Å². The van der Waals surface area contributed by atoms with Crippen molar-refractivity contribution in [2.45, 2.75) is 32.2 Å². The van der Waals surface area contributed by atoms with E-state index in [1.54, 1.807) is 11.8 Å². The molecule has 0 aromatic heterocycles. The van der Waals surface area contributed by atoms with Gasteiger partial charge in [0.25, 0.3) is 0 Å². The minimum atomic E-state index is -0.158. The maximum absolute atomic E-state index is 11.7. The highest BCUT2D eigenvalue weighted by molar-refractivity contribution is 7.99. The number of hydrogen-bond acceptors (Lipinski definition) is 3. The summed E-state index contributed by atoms with van der Waals surface area (Å²) in [6.45, 7) is 6.47. The van der Waals surface area contributed by atoms with E-state index >= 15 is 0 Å². The fraction of sp³-hybridized carbons (Fsp3) is 0.769. The molecular formula is C13H24N2O2S. The van der Waals surface area contributed by atoms with Crippen molar-refractivity contribution in [2.75, 3.05) is 24.7 Å². The lowest BCUT2D eigenvalue weighted by Crippen LogP contribution is -2.49. The lowest BCUT2D eigenvalue weighted by Gasteiger charge is -2.30. The van der Waals surface area contributed by atoms with E-state index in [4.69, 9.17) is 0 Å². The van der Waals surface area contributed by atoms with E-state index in [2.05, 4.69) is 17.2 Å². The monoisotopic (exact) mass is 272 g/mol. The average Bonchev–Trinajstić information content (AvgIpc) is 2.71. The molecular weight excluding hydrogens is 248 g/mol. The molecule has 1 aliphatic carbocycles. The molecule has 2 amide bonds. The highest BCUT2D eigenvalue weighted by Crippen LogP contribution is 2.37. The number of hydrogen-bond donors (Lipinski definition) is 3. The van der Waals surface area contributed by atoms with E-state index in [1.807, 2.05) is 13.0 Å². The van der Waals surface area contributed by atoms with Crippen LogP contribution in [0.25, 0.3) is 0 Å². The van der Waals surface area contributed by atoms with Crippen LogP contribution in [0, 0.1) is 5.41 Å². The molecule has 2 atom stereocenters. The SMILES string of the molecule is C=CCSCCNC(=O)NC1CCCC1(C)CO. The van der Waals surface area contributed by atoms with Crippen LogP contribution in [0.15, 0.2) is 12.7 Å². The third kappa shape index (κ3) is 4.53. The fourth-order valence-electron chi connectivity index (χ4n) is 2.28. The molecule has 1 saturated carbocycles. The Morgan fingerprint density at radius 2 is 2.44 bits per heavy atom. The summed E-state index contributed by atoms with van der Waals surface area (Å²) in [4.78, 5) is 11.7. The molecule has 1 aliphatic rings. The summed E-state index contributed by atoms with van der Waals surface area (Å²) in [7, 11) is 0. The molecule has 1 fully saturated rings. The molecule has 0 heterocycles. The summed E-state index contributed by atoms with van der Waals surface area (Å²) in [6, 6.07) is -0.0379. The standard InChI is InChI=1S/C13H24N2O2S/c1-3-8-18-9-7-14-12(17)15-11-5-4-6-13(11,2)10-16/h3,11,16H,1,4-10H2,2H3,(H2,14,15,17). The third-order valence-electron chi connectivity index (χ3n) is 3.52. The van der Waals surface area contributed by atoms with Crippen LogP contribution in [0.3, 0.4) is 0 Å². The number of aliphatic hydroxyl groups is 1. The van der Waals surface area contributed by atoms with Gasteiger partial charge in [-0.25, -0.2) is 4.79 Å². The molecule has 104 valence electrons. The van der Waals surface area contributed by atoms with Gasteiger partial charge in [0, 0.05) is 29.5 Å². The second-order valence-electron chi connectivity index (χ2n) is 5.02. The van der Waals surface area contributed by atoms with Gasteiger partial charge in [0.15, 0.2) is 0 Å². The van der Waals surface area contributed by atoms with Gasteiger partial charge in [-0.1, -0.05) is 19.4 Å². The zero-order valence-electron chi connectivity index (χ0n) is 11.1. The van der Waals surface area contributed by atoms with Gasteiger partial charge >= 0.3 is 6.03 Å². The molecule has 0 spiro atoms. The van der Waals surface area contributed by atoms with Crippen molar-refractivity contribution in [2.24, 2.45) is 5.41 Å². The minimum Gasteiger partial charge on any atom is -0.396 e. The first kappa shape index (κ1) is 15.4. The largest absolute Gasteiger partial charge is 0.396 e. The first-order valence-corrected chi connectivity index (χ1v) is 7.62. The summed E-state index contributed by atoms with van der Waals surface area (Å²) in [5, 5.41) is 15.2. The number of urea groups is 1. The predicted octanol–water partition coefficient (Wildman–Crippen LogP) is 1.76. The minimum absolute atomic E-state index is 0.0864. The zero-order valence-corrected chi connectivity index (χ0v) is 11.9. The summed E-state index contributed by atoms with van der Waals surface area (Å²) in [5.74, 6) is 1.80. The van der Waals surface area contributed by atoms with Crippen molar-refractivity contribution in [3.63, 3.8) is 0 Å². The molecule has 18 heavy (non-hydrogen) atoms. The van der Waals surface area contributed by atoms with E-state index in [0.717, 1.165) is 30.8 Å². The van der Waals surface area contributed by atoms with Crippen molar-refractivity contribution in [3.8, 4) is 0 Å². The van der Waals surface area contributed by atoms with Crippen LogP contribution in [0.5, 0.6) is 0 Å². The van der Waals surface area contributed by atoms with Gasteiger partial charge in [0.05, 0.1) is 6.61 Å². The number of aliphatic hydroxyl groups excluding tert-OH is 1. The number of amides is 2. The van der Waals surface area contributed by atoms with E-state index in [-0.39, 0.29) is 24.1 Å². The molecule has 0 saturated heterocycles. The highest BCUT2D eigenvalue weighted by atomic mass is 32.2. The molecule has 4 nitrogen and oxygen atoms in total. The third-order valence-corrected chi connectivity index (χ3v) is 4.48. The molecule has 0 aromatic carbocycles. The molecule has 5 heteroatoms.